The van der Waals surface area contributed by atoms with E-state index in [0.29, 0.717) is 5.88 Å². The van der Waals surface area contributed by atoms with Gasteiger partial charge >= 0.3 is 0 Å². The minimum absolute atomic E-state index is 0.715. The predicted octanol–water partition coefficient (Wildman–Crippen LogP) is 4.45. The molecule has 0 N–H and O–H groups in total. The molecule has 0 saturated heterocycles. The van der Waals surface area contributed by atoms with Crippen LogP contribution in [0.1, 0.15) is 22.3 Å². The molecule has 21 heavy (non-hydrogen) atoms. The highest BCUT2D eigenvalue weighted by atomic mass is 16.5. The molecule has 0 radical (unpaired) electrons. The van der Waals surface area contributed by atoms with Crippen LogP contribution in [-0.2, 0) is 6.42 Å². The third kappa shape index (κ3) is 2.89. The van der Waals surface area contributed by atoms with Gasteiger partial charge in [-0.1, -0.05) is 41.5 Å². The van der Waals surface area contributed by atoms with E-state index < -0.39 is 0 Å². The average molecular weight is 277 g/mol. The molecule has 0 aliphatic rings. The summed E-state index contributed by atoms with van der Waals surface area (Å²) in [5.41, 5.74) is 5.89. The maximum Gasteiger partial charge on any atom is 0.217 e. The Labute approximate surface area is 125 Å². The molecule has 1 aromatic heterocycles. The molecule has 0 aliphatic heterocycles. The van der Waals surface area contributed by atoms with Crippen LogP contribution in [0.5, 0.6) is 5.88 Å². The molecule has 3 aromatic rings. The normalized spacial score (nSPS) is 10.8. The van der Waals surface area contributed by atoms with Crippen molar-refractivity contribution in [2.24, 2.45) is 0 Å². The van der Waals surface area contributed by atoms with Gasteiger partial charge in [-0.25, -0.2) is 4.98 Å². The SMILES string of the molecule is COc1nc2ccc(C)cc2cc1Cc1ccc(C)cc1. The summed E-state index contributed by atoms with van der Waals surface area (Å²) in [5.74, 6) is 0.715. The quantitative estimate of drug-likeness (QED) is 0.705. The molecule has 0 bridgehead atoms. The molecule has 2 aromatic carbocycles. The minimum atomic E-state index is 0.715. The lowest BCUT2D eigenvalue weighted by molar-refractivity contribution is 0.395. The van der Waals surface area contributed by atoms with Crippen LogP contribution in [0.15, 0.2) is 48.5 Å². The first-order valence-electron chi connectivity index (χ1n) is 7.15. The zero-order chi connectivity index (χ0) is 14.8. The van der Waals surface area contributed by atoms with Crippen molar-refractivity contribution in [1.29, 1.82) is 0 Å². The Balaban J connectivity index is 2.05. The molecule has 1 heterocycles. The zero-order valence-electron chi connectivity index (χ0n) is 12.7. The first-order chi connectivity index (χ1) is 10.2. The number of ether oxygens (including phenoxy) is 1. The molecule has 106 valence electrons. The molecular formula is C19H19NO. The Morgan fingerprint density at radius 2 is 1.62 bits per heavy atom. The Morgan fingerprint density at radius 1 is 0.905 bits per heavy atom. The summed E-state index contributed by atoms with van der Waals surface area (Å²) in [4.78, 5) is 4.63. The second-order valence-corrected chi connectivity index (χ2v) is 5.52. The van der Waals surface area contributed by atoms with Crippen molar-refractivity contribution in [2.45, 2.75) is 20.3 Å². The van der Waals surface area contributed by atoms with Gasteiger partial charge in [-0.3, -0.25) is 0 Å². The summed E-state index contributed by atoms with van der Waals surface area (Å²) >= 11 is 0. The van der Waals surface area contributed by atoms with Crippen LogP contribution in [-0.4, -0.2) is 12.1 Å². The van der Waals surface area contributed by atoms with Crippen molar-refractivity contribution < 1.29 is 4.74 Å². The van der Waals surface area contributed by atoms with Gasteiger partial charge in [0, 0.05) is 17.4 Å². The van der Waals surface area contributed by atoms with Crippen molar-refractivity contribution in [1.82, 2.24) is 4.98 Å². The van der Waals surface area contributed by atoms with Crippen LogP contribution in [0.2, 0.25) is 0 Å². The molecule has 0 atom stereocenters. The number of hydrogen-bond donors (Lipinski definition) is 0. The van der Waals surface area contributed by atoms with E-state index in [2.05, 4.69) is 61.3 Å². The summed E-state index contributed by atoms with van der Waals surface area (Å²) in [7, 11) is 1.68. The van der Waals surface area contributed by atoms with Gasteiger partial charge in [0.25, 0.3) is 0 Å². The molecular weight excluding hydrogens is 258 g/mol. The smallest absolute Gasteiger partial charge is 0.217 e. The number of hydrogen-bond acceptors (Lipinski definition) is 2. The molecule has 0 saturated carbocycles. The first kappa shape index (κ1) is 13.6. The van der Waals surface area contributed by atoms with E-state index in [1.165, 1.54) is 16.7 Å². The van der Waals surface area contributed by atoms with Gasteiger partial charge in [-0.2, -0.15) is 0 Å². The summed E-state index contributed by atoms with van der Waals surface area (Å²) in [6.07, 6.45) is 0.834. The highest BCUT2D eigenvalue weighted by molar-refractivity contribution is 5.81. The van der Waals surface area contributed by atoms with Crippen LogP contribution in [0.4, 0.5) is 0 Å². The lowest BCUT2D eigenvalue weighted by Crippen LogP contribution is -1.97. The van der Waals surface area contributed by atoms with Crippen LogP contribution in [0.25, 0.3) is 10.9 Å². The van der Waals surface area contributed by atoms with Gasteiger partial charge in [0.05, 0.1) is 12.6 Å². The van der Waals surface area contributed by atoms with Crippen molar-refractivity contribution in [3.8, 4) is 5.88 Å². The van der Waals surface area contributed by atoms with E-state index in [1.54, 1.807) is 7.11 Å². The number of nitrogens with zero attached hydrogens (tertiary/aromatic N) is 1. The monoisotopic (exact) mass is 277 g/mol. The number of aryl methyl sites for hydroxylation is 2. The predicted molar refractivity (Wildman–Crippen MR) is 87.0 cm³/mol. The van der Waals surface area contributed by atoms with Gasteiger partial charge in [-0.05, 0) is 37.6 Å². The number of fused-ring (bicyclic) bond motifs is 1. The second-order valence-electron chi connectivity index (χ2n) is 5.52. The number of benzene rings is 2. The van der Waals surface area contributed by atoms with Crippen molar-refractivity contribution in [3.63, 3.8) is 0 Å². The fourth-order valence-electron chi connectivity index (χ4n) is 2.55. The van der Waals surface area contributed by atoms with E-state index >= 15 is 0 Å². The van der Waals surface area contributed by atoms with Gasteiger partial charge in [-0.15, -0.1) is 0 Å². The number of rotatable bonds is 3. The van der Waals surface area contributed by atoms with Gasteiger partial charge in [0.1, 0.15) is 0 Å². The summed E-state index contributed by atoms with van der Waals surface area (Å²) in [6, 6.07) is 17.1. The van der Waals surface area contributed by atoms with Crippen molar-refractivity contribution in [3.05, 3.63) is 70.8 Å². The molecule has 0 aliphatic carbocycles. The molecule has 2 heteroatoms. The Morgan fingerprint density at radius 3 is 2.33 bits per heavy atom. The van der Waals surface area contributed by atoms with E-state index in [9.17, 15) is 0 Å². The summed E-state index contributed by atoms with van der Waals surface area (Å²) in [6.45, 7) is 4.20. The number of pyridine rings is 1. The Bertz CT molecular complexity index is 775. The summed E-state index contributed by atoms with van der Waals surface area (Å²) in [5, 5.41) is 1.16. The first-order valence-corrected chi connectivity index (χ1v) is 7.15. The zero-order valence-corrected chi connectivity index (χ0v) is 12.7. The molecule has 0 amide bonds. The van der Waals surface area contributed by atoms with Crippen LogP contribution >= 0.6 is 0 Å². The van der Waals surface area contributed by atoms with E-state index in [-0.39, 0.29) is 0 Å². The second kappa shape index (κ2) is 5.57. The maximum absolute atomic E-state index is 5.47. The standard InChI is InChI=1S/C19H19NO/c1-13-4-7-15(8-5-13)11-17-12-16-10-14(2)6-9-18(16)20-19(17)21-3/h4-10,12H,11H2,1-3H3. The van der Waals surface area contributed by atoms with E-state index in [1.807, 2.05) is 6.07 Å². The number of aromatic nitrogens is 1. The lowest BCUT2D eigenvalue weighted by Gasteiger charge is -2.10. The third-order valence-electron chi connectivity index (χ3n) is 3.72. The van der Waals surface area contributed by atoms with Gasteiger partial charge < -0.3 is 4.74 Å². The maximum atomic E-state index is 5.47. The van der Waals surface area contributed by atoms with Gasteiger partial charge in [0.15, 0.2) is 0 Å². The van der Waals surface area contributed by atoms with Gasteiger partial charge in [0.2, 0.25) is 5.88 Å². The van der Waals surface area contributed by atoms with Crippen LogP contribution < -0.4 is 4.74 Å². The lowest BCUT2D eigenvalue weighted by atomic mass is 10.0. The van der Waals surface area contributed by atoms with Crippen molar-refractivity contribution >= 4 is 10.9 Å². The van der Waals surface area contributed by atoms with E-state index in [4.69, 9.17) is 4.74 Å². The fraction of sp³-hybridized carbons (Fsp3) is 0.211. The van der Waals surface area contributed by atoms with E-state index in [0.717, 1.165) is 22.9 Å². The molecule has 3 rings (SSSR count). The Hall–Kier alpha value is -2.35. The topological polar surface area (TPSA) is 22.1 Å². The highest BCUT2D eigenvalue weighted by Crippen LogP contribution is 2.25. The van der Waals surface area contributed by atoms with Crippen LogP contribution in [0, 0.1) is 13.8 Å². The molecule has 2 nitrogen and oxygen atoms in total. The summed E-state index contributed by atoms with van der Waals surface area (Å²) < 4.78 is 5.47. The molecule has 0 unspecified atom stereocenters. The third-order valence-corrected chi connectivity index (χ3v) is 3.72. The fourth-order valence-corrected chi connectivity index (χ4v) is 2.55. The average Bonchev–Trinajstić information content (AvgIpc) is 2.49. The van der Waals surface area contributed by atoms with Crippen molar-refractivity contribution in [2.75, 3.05) is 7.11 Å². The molecule has 0 fully saturated rings. The highest BCUT2D eigenvalue weighted by Gasteiger charge is 2.08. The number of methoxy groups -OCH3 is 1. The Kier molecular flexibility index (Phi) is 3.61. The van der Waals surface area contributed by atoms with Crippen LogP contribution in [0.3, 0.4) is 0 Å². The molecule has 0 spiro atoms. The minimum Gasteiger partial charge on any atom is -0.481 e. The largest absolute Gasteiger partial charge is 0.481 e.